The molecule has 1 aromatic carbocycles. The minimum absolute atomic E-state index is 0.135. The molecule has 1 aliphatic heterocycles. The number of ether oxygens (including phenoxy) is 1. The Balaban J connectivity index is 1.74. The predicted molar refractivity (Wildman–Crippen MR) is 96.0 cm³/mol. The minimum atomic E-state index is -3.65. The van der Waals surface area contributed by atoms with E-state index in [1.54, 1.807) is 24.4 Å². The van der Waals surface area contributed by atoms with E-state index in [4.69, 9.17) is 4.74 Å². The van der Waals surface area contributed by atoms with Crippen LogP contribution < -0.4 is 9.64 Å². The van der Waals surface area contributed by atoms with E-state index in [1.165, 1.54) is 30.5 Å². The summed E-state index contributed by atoms with van der Waals surface area (Å²) in [6.45, 7) is 2.98. The molecule has 1 fully saturated rings. The highest BCUT2D eigenvalue weighted by atomic mass is 32.2. The number of carbonyl (C=O) groups is 1. The molecule has 2 heterocycles. The third kappa shape index (κ3) is 3.68. The number of hydrogen-bond acceptors (Lipinski definition) is 7. The van der Waals surface area contributed by atoms with Crippen LogP contribution >= 0.6 is 0 Å². The van der Waals surface area contributed by atoms with Gasteiger partial charge in [-0.25, -0.2) is 13.4 Å². The number of rotatable bonds is 5. The fourth-order valence-corrected chi connectivity index (χ4v) is 4.22. The second-order valence-corrected chi connectivity index (χ2v) is 7.81. The molecule has 0 atom stereocenters. The van der Waals surface area contributed by atoms with Crippen LogP contribution in [0.5, 0.6) is 5.88 Å². The Morgan fingerprint density at radius 1 is 1.15 bits per heavy atom. The van der Waals surface area contributed by atoms with E-state index in [-0.39, 0.29) is 10.7 Å². The lowest BCUT2D eigenvalue weighted by atomic mass is 10.2. The number of Topliss-reactive ketones (excluding diaryl/α,β-unsaturated/α-hetero) is 1. The van der Waals surface area contributed by atoms with E-state index < -0.39 is 10.0 Å². The van der Waals surface area contributed by atoms with Crippen LogP contribution in [0.25, 0.3) is 0 Å². The number of methoxy groups -OCH3 is 1. The molecule has 0 saturated carbocycles. The number of anilines is 1. The molecule has 138 valence electrons. The highest BCUT2D eigenvalue weighted by Gasteiger charge is 2.29. The van der Waals surface area contributed by atoms with Crippen LogP contribution in [-0.2, 0) is 10.0 Å². The molecule has 2 aromatic rings. The molecule has 0 amide bonds. The highest BCUT2D eigenvalue weighted by Crippen LogP contribution is 2.21. The maximum Gasteiger partial charge on any atom is 0.243 e. The largest absolute Gasteiger partial charge is 0.481 e. The summed E-state index contributed by atoms with van der Waals surface area (Å²) in [5.74, 6) is 0.813. The molecule has 26 heavy (non-hydrogen) atoms. The molecule has 0 unspecified atom stereocenters. The van der Waals surface area contributed by atoms with Crippen LogP contribution in [0, 0.1) is 0 Å². The van der Waals surface area contributed by atoms with Gasteiger partial charge in [-0.15, -0.1) is 0 Å². The van der Waals surface area contributed by atoms with Gasteiger partial charge in [0.05, 0.1) is 12.0 Å². The van der Waals surface area contributed by atoms with Gasteiger partial charge in [-0.2, -0.15) is 9.29 Å². The van der Waals surface area contributed by atoms with Gasteiger partial charge in [0.2, 0.25) is 21.9 Å². The maximum absolute atomic E-state index is 12.9. The number of benzene rings is 1. The monoisotopic (exact) mass is 376 g/mol. The highest BCUT2D eigenvalue weighted by molar-refractivity contribution is 7.89. The summed E-state index contributed by atoms with van der Waals surface area (Å²) in [5.41, 5.74) is 0.384. The Bertz CT molecular complexity index is 908. The van der Waals surface area contributed by atoms with Crippen molar-refractivity contribution in [3.05, 3.63) is 42.1 Å². The van der Waals surface area contributed by atoms with Crippen molar-refractivity contribution in [1.29, 1.82) is 0 Å². The summed E-state index contributed by atoms with van der Waals surface area (Å²) in [7, 11) is -2.11. The summed E-state index contributed by atoms with van der Waals surface area (Å²) < 4.78 is 32.2. The van der Waals surface area contributed by atoms with Gasteiger partial charge in [0.25, 0.3) is 0 Å². The first-order valence-corrected chi connectivity index (χ1v) is 9.59. The molecule has 1 saturated heterocycles. The number of carbonyl (C=O) groups excluding carboxylic acids is 1. The molecule has 0 bridgehead atoms. The molecule has 0 N–H and O–H groups in total. The van der Waals surface area contributed by atoms with Crippen molar-refractivity contribution < 1.29 is 17.9 Å². The molecular weight excluding hydrogens is 356 g/mol. The standard InChI is InChI=1S/C17H20N4O4S/c1-13(22)14-4-3-5-15(12-14)26(23,24)21-10-8-20(9-11-21)17-18-7-6-16(19-17)25-2/h3-7,12H,8-11H2,1-2H3. The van der Waals surface area contributed by atoms with Crippen LogP contribution in [0.2, 0.25) is 0 Å². The maximum atomic E-state index is 12.9. The van der Waals surface area contributed by atoms with Gasteiger partial charge in [-0.05, 0) is 19.1 Å². The van der Waals surface area contributed by atoms with E-state index >= 15 is 0 Å². The van der Waals surface area contributed by atoms with Crippen molar-refractivity contribution in [2.45, 2.75) is 11.8 Å². The number of sulfonamides is 1. The van der Waals surface area contributed by atoms with Gasteiger partial charge in [-0.1, -0.05) is 12.1 Å². The van der Waals surface area contributed by atoms with Gasteiger partial charge in [0.15, 0.2) is 5.78 Å². The van der Waals surface area contributed by atoms with Gasteiger partial charge in [0, 0.05) is 44.0 Å². The van der Waals surface area contributed by atoms with Crippen LogP contribution in [0.4, 0.5) is 5.95 Å². The van der Waals surface area contributed by atoms with Gasteiger partial charge in [0.1, 0.15) is 0 Å². The van der Waals surface area contributed by atoms with Crippen molar-refractivity contribution in [1.82, 2.24) is 14.3 Å². The van der Waals surface area contributed by atoms with E-state index in [0.29, 0.717) is 43.6 Å². The molecule has 1 aliphatic rings. The van der Waals surface area contributed by atoms with Crippen LogP contribution in [0.1, 0.15) is 17.3 Å². The van der Waals surface area contributed by atoms with Crippen LogP contribution in [0.15, 0.2) is 41.4 Å². The minimum Gasteiger partial charge on any atom is -0.481 e. The fourth-order valence-electron chi connectivity index (χ4n) is 2.75. The third-order valence-corrected chi connectivity index (χ3v) is 6.12. The van der Waals surface area contributed by atoms with Crippen LogP contribution in [0.3, 0.4) is 0 Å². The molecule has 0 spiro atoms. The summed E-state index contributed by atoms with van der Waals surface area (Å²) in [6.07, 6.45) is 1.61. The zero-order chi connectivity index (χ0) is 18.7. The van der Waals surface area contributed by atoms with E-state index in [2.05, 4.69) is 9.97 Å². The summed E-state index contributed by atoms with van der Waals surface area (Å²) in [5, 5.41) is 0. The smallest absolute Gasteiger partial charge is 0.243 e. The van der Waals surface area contributed by atoms with Gasteiger partial charge >= 0.3 is 0 Å². The zero-order valence-corrected chi connectivity index (χ0v) is 15.4. The second kappa shape index (κ2) is 7.38. The first-order valence-electron chi connectivity index (χ1n) is 8.15. The number of hydrogen-bond donors (Lipinski definition) is 0. The van der Waals surface area contributed by atoms with Crippen molar-refractivity contribution in [2.75, 3.05) is 38.2 Å². The summed E-state index contributed by atoms with van der Waals surface area (Å²) in [6, 6.07) is 7.80. The predicted octanol–water partition coefficient (Wildman–Crippen LogP) is 1.20. The average molecular weight is 376 g/mol. The lowest BCUT2D eigenvalue weighted by Crippen LogP contribution is -2.49. The van der Waals surface area contributed by atoms with Crippen molar-refractivity contribution >= 4 is 21.8 Å². The first kappa shape index (κ1) is 18.3. The molecule has 8 nitrogen and oxygen atoms in total. The summed E-state index contributed by atoms with van der Waals surface area (Å²) in [4.78, 5) is 22.1. The number of aromatic nitrogens is 2. The fraction of sp³-hybridized carbons (Fsp3) is 0.353. The van der Waals surface area contributed by atoms with Gasteiger partial charge < -0.3 is 9.64 Å². The number of nitrogens with zero attached hydrogens (tertiary/aromatic N) is 4. The molecule has 1 aromatic heterocycles. The Hall–Kier alpha value is -2.52. The number of ketones is 1. The molecule has 0 aliphatic carbocycles. The molecule has 3 rings (SSSR count). The molecule has 9 heteroatoms. The Morgan fingerprint density at radius 3 is 2.54 bits per heavy atom. The Labute approximate surface area is 152 Å². The first-order chi connectivity index (χ1) is 12.4. The normalized spacial score (nSPS) is 15.7. The van der Waals surface area contributed by atoms with Gasteiger partial charge in [-0.3, -0.25) is 4.79 Å². The SMILES string of the molecule is COc1ccnc(N2CCN(S(=O)(=O)c3cccc(C(C)=O)c3)CC2)n1. The van der Waals surface area contributed by atoms with Crippen molar-refractivity contribution in [3.63, 3.8) is 0 Å². The van der Waals surface area contributed by atoms with Crippen molar-refractivity contribution in [3.8, 4) is 5.88 Å². The average Bonchev–Trinajstić information content (AvgIpc) is 2.68. The quantitative estimate of drug-likeness (QED) is 0.724. The lowest BCUT2D eigenvalue weighted by Gasteiger charge is -2.34. The second-order valence-electron chi connectivity index (χ2n) is 5.87. The van der Waals surface area contributed by atoms with E-state index in [1.807, 2.05) is 4.90 Å². The Kier molecular flexibility index (Phi) is 5.19. The van der Waals surface area contributed by atoms with Crippen molar-refractivity contribution in [2.24, 2.45) is 0 Å². The summed E-state index contributed by atoms with van der Waals surface area (Å²) >= 11 is 0. The number of piperazine rings is 1. The molecule has 0 radical (unpaired) electrons. The van der Waals surface area contributed by atoms with Crippen LogP contribution in [-0.4, -0.2) is 61.8 Å². The lowest BCUT2D eigenvalue weighted by molar-refractivity contribution is 0.101. The Morgan fingerprint density at radius 2 is 1.88 bits per heavy atom. The molecular formula is C17H20N4O4S. The topological polar surface area (TPSA) is 92.7 Å². The third-order valence-electron chi connectivity index (χ3n) is 4.23. The zero-order valence-electron chi connectivity index (χ0n) is 14.6. The van der Waals surface area contributed by atoms with E-state index in [9.17, 15) is 13.2 Å². The van der Waals surface area contributed by atoms with E-state index in [0.717, 1.165) is 0 Å².